The normalized spacial score (nSPS) is 15.8. The number of ketones is 6. The third-order valence-corrected chi connectivity index (χ3v) is 21.9. The fourth-order valence-electron chi connectivity index (χ4n) is 15.6. The summed E-state index contributed by atoms with van der Waals surface area (Å²) in [4.78, 5) is 172. The fourth-order valence-corrected chi connectivity index (χ4v) is 16.0. The van der Waals surface area contributed by atoms with Crippen molar-refractivity contribution in [2.24, 2.45) is 38.4 Å². The summed E-state index contributed by atoms with van der Waals surface area (Å²) < 4.78 is 42.7. The molecule has 42 nitrogen and oxygen atoms in total. The monoisotopic (exact) mass is 2060 g/mol. The fraction of sp³-hybridized carbons (Fsp3) is 0.553. The van der Waals surface area contributed by atoms with Crippen LogP contribution < -0.4 is 59.9 Å². The van der Waals surface area contributed by atoms with Crippen molar-refractivity contribution >= 4 is 174 Å². The molecule has 8 aromatic heterocycles. The van der Waals surface area contributed by atoms with Gasteiger partial charge < -0.3 is 82.8 Å². The smallest absolute Gasteiger partial charge is 1.00 e. The molecule has 8 aromatic rings. The summed E-state index contributed by atoms with van der Waals surface area (Å²) in [5.74, 6) is -6.84. The number of anilines is 2. The number of aliphatic carboxylic acids is 2. The number of carbonyl (C=O) groups excluding carboxylic acids is 11. The molecule has 143 heavy (non-hydrogen) atoms. The van der Waals surface area contributed by atoms with E-state index >= 15 is 0 Å². The largest absolute Gasteiger partial charge is 1.00 e. The maximum Gasteiger partial charge on any atom is 1.00 e. The van der Waals surface area contributed by atoms with Crippen LogP contribution in [0.4, 0.5) is 11.9 Å². The van der Waals surface area contributed by atoms with Crippen molar-refractivity contribution in [3.63, 3.8) is 0 Å². The van der Waals surface area contributed by atoms with Crippen LogP contribution in [0.2, 0.25) is 10.3 Å². The van der Waals surface area contributed by atoms with Crippen LogP contribution in [0.15, 0.2) is 42.4 Å². The van der Waals surface area contributed by atoms with Crippen LogP contribution in [0, 0.1) is 50.2 Å². The van der Waals surface area contributed by atoms with E-state index in [2.05, 4.69) is 139 Å². The Kier molecular flexibility index (Phi) is 55.2. The number of aryl methyl sites for hydroxylation is 4. The molecular formula is C94H132AlBCl2LiN19NaO23P. The number of hydrogen-bond acceptors (Lipinski definition) is 34. The molecule has 0 bridgehead atoms. The number of aliphatic hydroxyl groups excluding tert-OH is 1. The number of rotatable bonds is 18. The van der Waals surface area contributed by atoms with Gasteiger partial charge in [0.15, 0.2) is 68.2 Å². The molecule has 8 heterocycles. The maximum absolute atomic E-state index is 12.7. The van der Waals surface area contributed by atoms with Gasteiger partial charge in [-0.3, -0.25) is 52.3 Å². The number of imidazole rings is 2. The zero-order valence-corrected chi connectivity index (χ0v) is 92.6. The first-order valence-corrected chi connectivity index (χ1v) is 47.5. The third kappa shape index (κ3) is 37.1. The number of halogens is 2. The number of aromatic nitrogens is 16. The number of esters is 4. The van der Waals surface area contributed by atoms with Crippen molar-refractivity contribution in [1.82, 2.24) is 78.6 Å². The maximum atomic E-state index is 12.7. The number of methoxy groups -OCH3 is 3. The summed E-state index contributed by atoms with van der Waals surface area (Å²) in [6, 6.07) is 0. The molecule has 0 saturated carbocycles. The number of nitrogens with one attached hydrogen (secondary N) is 1. The molecule has 6 radical (unpaired) electrons. The Bertz CT molecular complexity index is 5890. The third-order valence-electron chi connectivity index (χ3n) is 21.4. The number of allylic oxidation sites excluding steroid dienone is 5. The molecule has 0 amide bonds. The van der Waals surface area contributed by atoms with E-state index in [1.807, 2.05) is 70.7 Å². The van der Waals surface area contributed by atoms with E-state index in [1.54, 1.807) is 68.4 Å². The number of nitrogens with two attached hydrogens (primary N) is 2. The zero-order valence-electron chi connectivity index (χ0n) is 87.9. The molecular weight excluding hydrogens is 1930 g/mol. The molecule has 1 unspecified atom stereocenters. The Morgan fingerprint density at radius 1 is 0.552 bits per heavy atom. The Morgan fingerprint density at radius 2 is 0.972 bits per heavy atom. The predicted octanol–water partition coefficient (Wildman–Crippen LogP) is 5.96. The number of carbonyl (C=O) groups is 13. The molecule has 14 rings (SSSR count). The zero-order chi connectivity index (χ0) is 105. The quantitative estimate of drug-likeness (QED) is 0.00664. The van der Waals surface area contributed by atoms with Gasteiger partial charge >= 0.3 is 84.2 Å². The van der Waals surface area contributed by atoms with E-state index in [0.717, 1.165) is 92.1 Å². The number of H-pyrrole nitrogens is 1. The molecule has 768 valence electrons. The van der Waals surface area contributed by atoms with Gasteiger partial charge in [-0.15, -0.1) is 8.58 Å². The SMILES string of the molecule is CCOC(=O)C(=O)C1CC(C)(C)C=C(OC)C1=O.CCOC(=O)C(=O)OCC.CCOC(=O)c1nn(CC)c2c1CC(C)(C)C=C2OC.CCn1nc(C=O)c2c1C(=O)CC(C)(C)C2.CCn1nc(CO)c2c1C(=O)CC(C)(C)C2.CCn1nc(Cn2cnc3c(Cl)nc(N)nc32)c2c1C(=O)CC(C)(C)C2.COC1=CC(C)(C)CCC1=O.CPC.Nc1nc(Cl)c2[nH]cnc2n1.O=C(O)C(=O)O.[Al].[B].[C-]#N.[H-].[Li+].[Na+]. The van der Waals surface area contributed by atoms with Crippen LogP contribution in [0.3, 0.4) is 0 Å². The number of carboxylic acid groups (broad SMARTS) is 2. The second-order valence-electron chi connectivity index (χ2n) is 36.4. The van der Waals surface area contributed by atoms with E-state index in [1.165, 1.54) is 13.4 Å². The van der Waals surface area contributed by atoms with Crippen LogP contribution in [-0.2, 0) is 137 Å². The molecule has 8 N–H and O–H groups in total. The number of ether oxygens (including phenoxy) is 7. The van der Waals surface area contributed by atoms with Gasteiger partial charge in [0, 0.05) is 99.9 Å². The van der Waals surface area contributed by atoms with Crippen molar-refractivity contribution in [1.29, 1.82) is 5.26 Å². The van der Waals surface area contributed by atoms with Gasteiger partial charge in [0.1, 0.15) is 45.3 Å². The number of nitrogen functional groups attached to an aromatic ring is 2. The minimum Gasteiger partial charge on any atom is -1.00 e. The van der Waals surface area contributed by atoms with Crippen LogP contribution in [0.1, 0.15) is 270 Å². The number of aromatic amines is 1. The number of carboxylic acids is 2. The Balaban J connectivity index is 0. The molecule has 1 atom stereocenters. The second-order valence-corrected chi connectivity index (χ2v) is 38.1. The Morgan fingerprint density at radius 3 is 1.42 bits per heavy atom. The summed E-state index contributed by atoms with van der Waals surface area (Å²) in [6.07, 6.45) is 16.2. The van der Waals surface area contributed by atoms with E-state index in [9.17, 15) is 57.8 Å². The van der Waals surface area contributed by atoms with E-state index in [0.29, 0.717) is 127 Å². The molecule has 6 aliphatic carbocycles. The molecule has 0 aromatic carbocycles. The number of aliphatic hydroxyl groups is 1. The summed E-state index contributed by atoms with van der Waals surface area (Å²) in [7, 11) is 5.65. The minimum absolute atomic E-state index is 0. The van der Waals surface area contributed by atoms with Gasteiger partial charge in [0.05, 0.1) is 90.9 Å². The molecule has 6 aliphatic rings. The number of hydrogen-bond donors (Lipinski definition) is 6. The number of Topliss-reactive ketones (excluding diaryl/α,β-unsaturated/α-hetero) is 6. The number of fused-ring (bicyclic) bond motifs is 6. The van der Waals surface area contributed by atoms with Crippen molar-refractivity contribution in [3.8, 4) is 0 Å². The summed E-state index contributed by atoms with van der Waals surface area (Å²) >= 11 is 11.8. The van der Waals surface area contributed by atoms with Crippen molar-refractivity contribution in [3.05, 3.63) is 127 Å². The number of aldehydes is 1. The van der Waals surface area contributed by atoms with Crippen LogP contribution >= 0.6 is 31.8 Å². The van der Waals surface area contributed by atoms with Crippen LogP contribution in [-0.4, -0.2) is 258 Å². The van der Waals surface area contributed by atoms with Crippen molar-refractivity contribution in [2.75, 3.05) is 72.6 Å². The van der Waals surface area contributed by atoms with Crippen LogP contribution in [0.5, 0.6) is 0 Å². The minimum atomic E-state index is -1.82. The first kappa shape index (κ1) is 132. The number of nitrogens with zero attached hydrogens (tertiary/aromatic N) is 16. The van der Waals surface area contributed by atoms with E-state index in [4.69, 9.17) is 90.4 Å². The second kappa shape index (κ2) is 59.7. The van der Waals surface area contributed by atoms with Gasteiger partial charge in [0.2, 0.25) is 17.7 Å². The summed E-state index contributed by atoms with van der Waals surface area (Å²) in [5, 5.41) is 48.4. The molecule has 0 aliphatic heterocycles. The van der Waals surface area contributed by atoms with Gasteiger partial charge in [-0.1, -0.05) is 106 Å². The average Bonchev–Trinajstić information content (AvgIpc) is 1.61. The predicted molar refractivity (Wildman–Crippen MR) is 529 cm³/mol. The van der Waals surface area contributed by atoms with E-state index in [-0.39, 0.29) is 193 Å². The molecule has 0 fully saturated rings. The van der Waals surface area contributed by atoms with Gasteiger partial charge in [0.25, 0.3) is 5.78 Å². The van der Waals surface area contributed by atoms with E-state index < -0.39 is 47.3 Å². The van der Waals surface area contributed by atoms with Crippen molar-refractivity contribution < 1.29 is 161 Å². The Labute approximate surface area is 892 Å². The topological polar surface area (TPSA) is 592 Å². The molecule has 0 spiro atoms. The van der Waals surface area contributed by atoms with Crippen molar-refractivity contribution in [2.45, 2.75) is 242 Å². The first-order chi connectivity index (χ1) is 65.1. The first-order valence-electron chi connectivity index (χ1n) is 44.8. The summed E-state index contributed by atoms with van der Waals surface area (Å²) in [6.45, 7) is 52.1. The van der Waals surface area contributed by atoms with Gasteiger partial charge in [-0.2, -0.15) is 40.3 Å². The molecule has 49 heteroatoms. The van der Waals surface area contributed by atoms with Gasteiger partial charge in [-0.05, 0) is 158 Å². The van der Waals surface area contributed by atoms with Gasteiger partial charge in [-0.25, -0.2) is 38.7 Å². The average molecular weight is 2070 g/mol. The summed E-state index contributed by atoms with van der Waals surface area (Å²) in [5.41, 5.74) is 21.8. The van der Waals surface area contributed by atoms with Crippen LogP contribution in [0.25, 0.3) is 28.1 Å². The Hall–Kier alpha value is -10.7. The molecule has 0 saturated heterocycles. The standard InChI is InChI=1S/C17H20ClN7O.C15H22N2O3.C13H18O5.C12H18N2O2.C12H16N2O2.C9H14O2.C6H10O4.C5H4ClN5.C2H2O4.C2H7P.CN.Al.B.Li.Na.H/c1-4-25-13-9(5-17(2,3)6-11(13)26)10(23-25)7-24-8-20-12-14(18)21-16(19)22-15(12)24;1-6-17-13-10(12(16-17)14(18)20-7-2)8-15(3,4)9-11(13)19-5;1-5-18-12(16)11(15)8-6-13(2,3)7-9(17-4)10(8)14;2*1-4-14-11-8(9(7-15)13-14)5-12(2,3)6-10(11)16;1-9(2)5-4-7(10)8(6-9)11-3;1-3-9-5(7)6(8)10-4-2;6-3-2-4(9-1-8-2)11-5(7)10-3;3-1(4)2(5)6;1-3-2;1-2;;;;;/h8H,4-7H2,1-3H3,(H2,19,21,22);9H,6-8H2,1-5H3;7-8H,5-6H2,1-4H3;15H,4-7H2,1-3H3;7H,4-6H2,1-3H3;6H,4-5H2,1-3H3;3-4H2,1-2H3;1H,(H3,7,8,9,10,11);(H,3,4)(H,5,6);3H,1-2H3;;;;;;/q;;;;;;;;;;-1;;;2*+1;-1.